The van der Waals surface area contributed by atoms with E-state index in [-0.39, 0.29) is 11.4 Å². The van der Waals surface area contributed by atoms with Crippen LogP contribution in [0.3, 0.4) is 0 Å². The average molecular weight is 229 g/mol. The highest BCUT2D eigenvalue weighted by atomic mass is 19.4. The third-order valence-electron chi connectivity index (χ3n) is 1.76. The minimum Gasteiger partial charge on any atom is -0.403 e. The third kappa shape index (κ3) is 2.30. The van der Waals surface area contributed by atoms with Gasteiger partial charge in [0.2, 0.25) is 0 Å². The van der Waals surface area contributed by atoms with Gasteiger partial charge in [-0.3, -0.25) is 0 Å². The van der Waals surface area contributed by atoms with Crippen molar-refractivity contribution in [3.63, 3.8) is 0 Å². The number of alkyl halides is 3. The molecule has 0 saturated carbocycles. The second-order valence-electron chi connectivity index (χ2n) is 2.86. The molecule has 0 unspecified atom stereocenters. The van der Waals surface area contributed by atoms with Crippen molar-refractivity contribution in [1.82, 2.24) is 14.8 Å². The van der Waals surface area contributed by atoms with Crippen molar-refractivity contribution < 1.29 is 17.9 Å². The van der Waals surface area contributed by atoms with Crippen molar-refractivity contribution in [2.75, 3.05) is 0 Å². The molecule has 7 heteroatoms. The Morgan fingerprint density at radius 3 is 2.56 bits per heavy atom. The third-order valence-corrected chi connectivity index (χ3v) is 1.76. The van der Waals surface area contributed by atoms with Gasteiger partial charge in [0.25, 0.3) is 0 Å². The Hall–Kier alpha value is -2.05. The summed E-state index contributed by atoms with van der Waals surface area (Å²) in [5, 5.41) is 3.74. The lowest BCUT2D eigenvalue weighted by Gasteiger charge is -2.12. The van der Waals surface area contributed by atoms with Gasteiger partial charge in [0.05, 0.1) is 0 Å². The number of hydrogen-bond acceptors (Lipinski definition) is 3. The Labute approximate surface area is 88.3 Å². The minimum absolute atomic E-state index is 0.178. The van der Waals surface area contributed by atoms with Gasteiger partial charge in [-0.15, -0.1) is 13.2 Å². The van der Waals surface area contributed by atoms with Gasteiger partial charge in [-0.2, -0.15) is 5.10 Å². The molecule has 0 amide bonds. The van der Waals surface area contributed by atoms with Crippen molar-refractivity contribution in [2.24, 2.45) is 0 Å². The van der Waals surface area contributed by atoms with Crippen LogP contribution >= 0.6 is 0 Å². The highest BCUT2D eigenvalue weighted by molar-refractivity contribution is 5.45. The van der Waals surface area contributed by atoms with Crippen molar-refractivity contribution in [3.8, 4) is 11.4 Å². The fourth-order valence-corrected chi connectivity index (χ4v) is 1.19. The summed E-state index contributed by atoms with van der Waals surface area (Å²) in [7, 11) is 0. The van der Waals surface area contributed by atoms with Crippen molar-refractivity contribution >= 4 is 0 Å². The van der Waals surface area contributed by atoms with Crippen LogP contribution in [0, 0.1) is 0 Å². The first-order valence-corrected chi connectivity index (χ1v) is 4.26. The van der Waals surface area contributed by atoms with Crippen molar-refractivity contribution in [2.45, 2.75) is 6.36 Å². The molecule has 2 rings (SSSR count). The van der Waals surface area contributed by atoms with E-state index < -0.39 is 6.36 Å². The second kappa shape index (κ2) is 3.84. The molecule has 0 aliphatic rings. The van der Waals surface area contributed by atoms with E-state index in [1.165, 1.54) is 35.5 Å². The van der Waals surface area contributed by atoms with Gasteiger partial charge in [-0.25, -0.2) is 9.67 Å². The number of benzene rings is 1. The highest BCUT2D eigenvalue weighted by Crippen LogP contribution is 2.27. The molecular formula is C9H6F3N3O. The van der Waals surface area contributed by atoms with E-state index in [1.807, 2.05) is 0 Å². The van der Waals surface area contributed by atoms with E-state index in [9.17, 15) is 13.2 Å². The monoisotopic (exact) mass is 229 g/mol. The van der Waals surface area contributed by atoms with Gasteiger partial charge < -0.3 is 4.74 Å². The van der Waals surface area contributed by atoms with Crippen LogP contribution in [0.4, 0.5) is 13.2 Å². The van der Waals surface area contributed by atoms with Crippen LogP contribution in [0.5, 0.6) is 5.75 Å². The molecular weight excluding hydrogens is 223 g/mol. The van der Waals surface area contributed by atoms with Crippen LogP contribution in [0.25, 0.3) is 5.69 Å². The lowest BCUT2D eigenvalue weighted by Crippen LogP contribution is -2.18. The van der Waals surface area contributed by atoms with Gasteiger partial charge in [0.15, 0.2) is 5.75 Å². The number of aromatic nitrogens is 3. The summed E-state index contributed by atoms with van der Waals surface area (Å²) in [6.45, 7) is 0. The smallest absolute Gasteiger partial charge is 0.403 e. The molecule has 1 aromatic carbocycles. The van der Waals surface area contributed by atoms with E-state index in [4.69, 9.17) is 0 Å². The predicted molar refractivity (Wildman–Crippen MR) is 48.0 cm³/mol. The number of rotatable bonds is 2. The Kier molecular flexibility index (Phi) is 2.51. The lowest BCUT2D eigenvalue weighted by atomic mass is 10.3. The summed E-state index contributed by atoms with van der Waals surface area (Å²) >= 11 is 0. The number of nitrogens with zero attached hydrogens (tertiary/aromatic N) is 3. The quantitative estimate of drug-likeness (QED) is 0.792. The summed E-state index contributed by atoms with van der Waals surface area (Å²) in [6.07, 6.45) is -2.21. The molecule has 0 radical (unpaired) electrons. The number of halogens is 3. The van der Waals surface area contributed by atoms with Crippen LogP contribution in [0.2, 0.25) is 0 Å². The fourth-order valence-electron chi connectivity index (χ4n) is 1.19. The largest absolute Gasteiger partial charge is 0.573 e. The molecule has 4 nitrogen and oxygen atoms in total. The van der Waals surface area contributed by atoms with E-state index in [0.29, 0.717) is 0 Å². The molecule has 0 N–H and O–H groups in total. The molecule has 0 saturated heterocycles. The molecule has 0 atom stereocenters. The zero-order chi connectivity index (χ0) is 11.6. The number of ether oxygens (including phenoxy) is 1. The molecule has 0 aliphatic carbocycles. The van der Waals surface area contributed by atoms with Gasteiger partial charge in [-0.05, 0) is 12.1 Å². The summed E-state index contributed by atoms with van der Waals surface area (Å²) in [4.78, 5) is 3.65. The van der Waals surface area contributed by atoms with Crippen LogP contribution in [-0.4, -0.2) is 21.1 Å². The standard InChI is InChI=1S/C9H6F3N3O/c10-9(11,12)16-8-4-2-1-3-7(8)15-6-13-5-14-15/h1-6H. The van der Waals surface area contributed by atoms with Crippen molar-refractivity contribution in [1.29, 1.82) is 0 Å². The van der Waals surface area contributed by atoms with Gasteiger partial charge in [0, 0.05) is 0 Å². The fraction of sp³-hybridized carbons (Fsp3) is 0.111. The van der Waals surface area contributed by atoms with Gasteiger partial charge >= 0.3 is 6.36 Å². The SMILES string of the molecule is FC(F)(F)Oc1ccccc1-n1cncn1. The first-order valence-electron chi connectivity index (χ1n) is 4.26. The maximum Gasteiger partial charge on any atom is 0.573 e. The van der Waals surface area contributed by atoms with Crippen LogP contribution < -0.4 is 4.74 Å². The Bertz CT molecular complexity index is 467. The van der Waals surface area contributed by atoms with E-state index in [2.05, 4.69) is 14.8 Å². The van der Waals surface area contributed by atoms with Crippen molar-refractivity contribution in [3.05, 3.63) is 36.9 Å². The number of para-hydroxylation sites is 2. The molecule has 0 fully saturated rings. The predicted octanol–water partition coefficient (Wildman–Crippen LogP) is 2.17. The Morgan fingerprint density at radius 1 is 1.19 bits per heavy atom. The zero-order valence-electron chi connectivity index (χ0n) is 7.85. The second-order valence-corrected chi connectivity index (χ2v) is 2.86. The van der Waals surface area contributed by atoms with Crippen LogP contribution in [0.1, 0.15) is 0 Å². The lowest BCUT2D eigenvalue weighted by molar-refractivity contribution is -0.274. The topological polar surface area (TPSA) is 39.9 Å². The van der Waals surface area contributed by atoms with Crippen LogP contribution in [0.15, 0.2) is 36.9 Å². The maximum atomic E-state index is 12.1. The van der Waals surface area contributed by atoms with Gasteiger partial charge in [-0.1, -0.05) is 12.1 Å². The summed E-state index contributed by atoms with van der Waals surface area (Å²) in [5.74, 6) is -0.319. The molecule has 1 heterocycles. The normalized spacial score (nSPS) is 11.4. The van der Waals surface area contributed by atoms with E-state index in [1.54, 1.807) is 6.07 Å². The molecule has 2 aromatic rings. The summed E-state index contributed by atoms with van der Waals surface area (Å²) in [5.41, 5.74) is 0.178. The Morgan fingerprint density at radius 2 is 1.94 bits per heavy atom. The van der Waals surface area contributed by atoms with E-state index in [0.717, 1.165) is 0 Å². The first kappa shape index (κ1) is 10.5. The van der Waals surface area contributed by atoms with E-state index >= 15 is 0 Å². The minimum atomic E-state index is -4.73. The summed E-state index contributed by atoms with van der Waals surface area (Å²) < 4.78 is 41.3. The first-order chi connectivity index (χ1) is 7.56. The van der Waals surface area contributed by atoms with Gasteiger partial charge in [0.1, 0.15) is 18.3 Å². The Balaban J connectivity index is 2.39. The zero-order valence-corrected chi connectivity index (χ0v) is 7.85. The number of hydrogen-bond donors (Lipinski definition) is 0. The summed E-state index contributed by atoms with van der Waals surface area (Å²) in [6, 6.07) is 5.70. The molecule has 0 spiro atoms. The molecule has 1 aromatic heterocycles. The maximum absolute atomic E-state index is 12.1. The average Bonchev–Trinajstić information content (AvgIpc) is 2.69. The van der Waals surface area contributed by atoms with Crippen LogP contribution in [-0.2, 0) is 0 Å². The molecule has 84 valence electrons. The molecule has 0 bridgehead atoms. The highest BCUT2D eigenvalue weighted by Gasteiger charge is 2.32. The molecule has 0 aliphatic heterocycles. The molecule has 16 heavy (non-hydrogen) atoms.